The number of halogens is 1. The zero-order valence-electron chi connectivity index (χ0n) is 17.7. The number of carbonyl (C=O) groups is 1. The quantitative estimate of drug-likeness (QED) is 0.433. The first kappa shape index (κ1) is 21.8. The number of carbonyl (C=O) groups excluding carboxylic acids is 1. The number of nitrogens with zero attached hydrogens (tertiary/aromatic N) is 1. The first-order valence-electron chi connectivity index (χ1n) is 10.9. The predicted molar refractivity (Wildman–Crippen MR) is 122 cm³/mol. The highest BCUT2D eigenvalue weighted by molar-refractivity contribution is 5.96. The lowest BCUT2D eigenvalue weighted by Crippen LogP contribution is -2.29. The number of aliphatic hydroxyl groups excluding tert-OH is 1. The lowest BCUT2D eigenvalue weighted by molar-refractivity contribution is 0.250. The summed E-state index contributed by atoms with van der Waals surface area (Å²) in [5.74, 6) is -0.173. The third-order valence-electron chi connectivity index (χ3n) is 5.96. The average molecular weight is 435 g/mol. The molecule has 0 spiro atoms. The highest BCUT2D eigenvalue weighted by Crippen LogP contribution is 2.40. The molecule has 32 heavy (non-hydrogen) atoms. The molecule has 3 aromatic carbocycles. The zero-order chi connectivity index (χ0) is 22.5. The van der Waals surface area contributed by atoms with Gasteiger partial charge in [0.2, 0.25) is 0 Å². The fourth-order valence-corrected chi connectivity index (χ4v) is 4.35. The molecular formula is C26H27FN2O3. The van der Waals surface area contributed by atoms with Crippen LogP contribution in [0.3, 0.4) is 0 Å². The summed E-state index contributed by atoms with van der Waals surface area (Å²) in [5.41, 5.74) is 3.11. The number of hydrogen-bond acceptors (Lipinski definition) is 3. The molecule has 5 nitrogen and oxygen atoms in total. The smallest absolute Gasteiger partial charge is 0.322 e. The summed E-state index contributed by atoms with van der Waals surface area (Å²) in [5, 5.41) is 23.2. The number of urea groups is 1. The zero-order valence-corrected chi connectivity index (χ0v) is 17.7. The second-order valence-corrected chi connectivity index (χ2v) is 8.13. The predicted octanol–water partition coefficient (Wildman–Crippen LogP) is 5.08. The van der Waals surface area contributed by atoms with Gasteiger partial charge in [-0.25, -0.2) is 9.18 Å². The van der Waals surface area contributed by atoms with Gasteiger partial charge in [-0.3, -0.25) is 4.90 Å². The first-order valence-corrected chi connectivity index (χ1v) is 10.9. The van der Waals surface area contributed by atoms with Crippen molar-refractivity contribution in [3.8, 4) is 5.75 Å². The summed E-state index contributed by atoms with van der Waals surface area (Å²) in [6.45, 7) is -0.162. The van der Waals surface area contributed by atoms with Crippen molar-refractivity contribution >= 4 is 11.7 Å². The number of amides is 2. The number of para-hydroxylation sites is 1. The van der Waals surface area contributed by atoms with Crippen LogP contribution in [-0.4, -0.2) is 22.3 Å². The minimum atomic E-state index is -0.372. The number of unbranched alkanes of at least 4 members (excludes halogenated alkanes) is 1. The standard InChI is InChI=1S/C26H27FN2O3/c27-20-13-10-18(11-14-20)6-4-5-9-23-25(22-15-12-19(17-30)16-24(22)31)29(26(32)28-23)21-7-2-1-3-8-21/h1-3,7-8,10-16,23,25,30-31H,4-6,9,17H2,(H,28,32)/t23-,25-/m1/s1. The fourth-order valence-electron chi connectivity index (χ4n) is 4.35. The van der Waals surface area contributed by atoms with Gasteiger partial charge >= 0.3 is 6.03 Å². The molecule has 3 N–H and O–H groups in total. The molecule has 0 saturated carbocycles. The molecular weight excluding hydrogens is 407 g/mol. The van der Waals surface area contributed by atoms with E-state index < -0.39 is 0 Å². The Balaban J connectivity index is 1.53. The Hall–Kier alpha value is -3.38. The van der Waals surface area contributed by atoms with E-state index in [0.717, 1.165) is 36.9 Å². The molecule has 1 aliphatic rings. The number of benzene rings is 3. The van der Waals surface area contributed by atoms with Gasteiger partial charge in [0.05, 0.1) is 18.7 Å². The van der Waals surface area contributed by atoms with Crippen LogP contribution in [0.25, 0.3) is 0 Å². The van der Waals surface area contributed by atoms with Crippen LogP contribution in [-0.2, 0) is 13.0 Å². The van der Waals surface area contributed by atoms with Crippen molar-refractivity contribution < 1.29 is 19.4 Å². The number of rotatable bonds is 8. The third kappa shape index (κ3) is 4.75. The number of anilines is 1. The van der Waals surface area contributed by atoms with Gasteiger partial charge in [-0.2, -0.15) is 0 Å². The average Bonchev–Trinajstić information content (AvgIpc) is 3.14. The Morgan fingerprint density at radius 2 is 1.66 bits per heavy atom. The van der Waals surface area contributed by atoms with Gasteiger partial charge in [0, 0.05) is 11.3 Å². The minimum Gasteiger partial charge on any atom is -0.508 e. The molecule has 2 atom stereocenters. The summed E-state index contributed by atoms with van der Waals surface area (Å²) < 4.78 is 13.1. The van der Waals surface area contributed by atoms with E-state index in [1.807, 2.05) is 30.3 Å². The van der Waals surface area contributed by atoms with E-state index in [4.69, 9.17) is 0 Å². The maximum absolute atomic E-state index is 13.1. The molecule has 2 amide bonds. The van der Waals surface area contributed by atoms with Crippen LogP contribution in [0.15, 0.2) is 72.8 Å². The van der Waals surface area contributed by atoms with Crippen LogP contribution in [0.1, 0.15) is 42.0 Å². The monoisotopic (exact) mass is 434 g/mol. The van der Waals surface area contributed by atoms with Crippen molar-refractivity contribution in [3.63, 3.8) is 0 Å². The number of aliphatic hydroxyl groups is 1. The molecule has 0 unspecified atom stereocenters. The molecule has 0 aromatic heterocycles. The van der Waals surface area contributed by atoms with Gasteiger partial charge in [0.15, 0.2) is 0 Å². The SMILES string of the molecule is O=C1N[C@H](CCCCc2ccc(F)cc2)[C@@H](c2ccc(CO)cc2O)N1c1ccccc1. The number of aryl methyl sites for hydroxylation is 1. The van der Waals surface area contributed by atoms with Gasteiger partial charge < -0.3 is 15.5 Å². The molecule has 0 bridgehead atoms. The van der Waals surface area contributed by atoms with Crippen molar-refractivity contribution in [1.29, 1.82) is 0 Å². The number of phenolic OH excluding ortho intramolecular Hbond substituents is 1. The highest BCUT2D eigenvalue weighted by Gasteiger charge is 2.41. The van der Waals surface area contributed by atoms with Crippen LogP contribution >= 0.6 is 0 Å². The van der Waals surface area contributed by atoms with E-state index in [0.29, 0.717) is 11.1 Å². The molecule has 6 heteroatoms. The van der Waals surface area contributed by atoms with E-state index in [1.54, 1.807) is 35.2 Å². The summed E-state index contributed by atoms with van der Waals surface area (Å²) in [6.07, 6.45) is 3.36. The summed E-state index contributed by atoms with van der Waals surface area (Å²) in [7, 11) is 0. The molecule has 3 aromatic rings. The van der Waals surface area contributed by atoms with Gasteiger partial charge in [0.1, 0.15) is 11.6 Å². The molecule has 1 fully saturated rings. The summed E-state index contributed by atoms with van der Waals surface area (Å²) in [4.78, 5) is 14.6. The van der Waals surface area contributed by atoms with Crippen molar-refractivity contribution in [2.75, 3.05) is 4.90 Å². The normalized spacial score (nSPS) is 18.1. The van der Waals surface area contributed by atoms with E-state index in [2.05, 4.69) is 5.32 Å². The molecule has 166 valence electrons. The van der Waals surface area contributed by atoms with E-state index in [1.165, 1.54) is 12.1 Å². The molecule has 1 aliphatic heterocycles. The van der Waals surface area contributed by atoms with Crippen molar-refractivity contribution in [2.45, 2.75) is 44.4 Å². The largest absolute Gasteiger partial charge is 0.508 e. The van der Waals surface area contributed by atoms with Crippen molar-refractivity contribution in [2.24, 2.45) is 0 Å². The topological polar surface area (TPSA) is 72.8 Å². The Morgan fingerprint density at radius 3 is 2.34 bits per heavy atom. The van der Waals surface area contributed by atoms with Crippen molar-refractivity contribution in [1.82, 2.24) is 5.32 Å². The number of hydrogen-bond donors (Lipinski definition) is 3. The Morgan fingerprint density at radius 1 is 0.938 bits per heavy atom. The highest BCUT2D eigenvalue weighted by atomic mass is 19.1. The van der Waals surface area contributed by atoms with Gasteiger partial charge in [-0.15, -0.1) is 0 Å². The third-order valence-corrected chi connectivity index (χ3v) is 5.96. The van der Waals surface area contributed by atoms with Gasteiger partial charge in [-0.05, 0) is 60.7 Å². The van der Waals surface area contributed by atoms with Gasteiger partial charge in [-0.1, -0.05) is 48.9 Å². The molecule has 4 rings (SSSR count). The number of nitrogens with one attached hydrogen (secondary N) is 1. The van der Waals surface area contributed by atoms with Crippen molar-refractivity contribution in [3.05, 3.63) is 95.3 Å². The maximum Gasteiger partial charge on any atom is 0.322 e. The lowest BCUT2D eigenvalue weighted by Gasteiger charge is -2.28. The van der Waals surface area contributed by atoms with Crippen LogP contribution in [0.5, 0.6) is 5.75 Å². The lowest BCUT2D eigenvalue weighted by atomic mass is 9.93. The van der Waals surface area contributed by atoms with Crippen LogP contribution in [0.2, 0.25) is 0 Å². The van der Waals surface area contributed by atoms with Crippen LogP contribution in [0.4, 0.5) is 14.9 Å². The van der Waals surface area contributed by atoms with E-state index in [9.17, 15) is 19.4 Å². The minimum absolute atomic E-state index is 0.0651. The van der Waals surface area contributed by atoms with Crippen LogP contribution < -0.4 is 10.2 Å². The maximum atomic E-state index is 13.1. The molecule has 0 radical (unpaired) electrons. The Bertz CT molecular complexity index is 1060. The van der Waals surface area contributed by atoms with Gasteiger partial charge in [0.25, 0.3) is 0 Å². The molecule has 0 aliphatic carbocycles. The van der Waals surface area contributed by atoms with Crippen LogP contribution in [0, 0.1) is 5.82 Å². The Labute approximate surface area is 187 Å². The summed E-state index contributed by atoms with van der Waals surface area (Å²) in [6, 6.07) is 20.3. The molecule has 1 heterocycles. The van der Waals surface area contributed by atoms with E-state index in [-0.39, 0.29) is 36.3 Å². The summed E-state index contributed by atoms with van der Waals surface area (Å²) >= 11 is 0. The number of aromatic hydroxyl groups is 1. The Kier molecular flexibility index (Phi) is 6.71. The first-order chi connectivity index (χ1) is 15.6. The second-order valence-electron chi connectivity index (χ2n) is 8.13. The second kappa shape index (κ2) is 9.83. The van der Waals surface area contributed by atoms with E-state index >= 15 is 0 Å². The molecule has 1 saturated heterocycles. The fraction of sp³-hybridized carbons (Fsp3) is 0.269. The number of phenols is 1.